The Kier molecular flexibility index (Phi) is 17.7. The first-order chi connectivity index (χ1) is 32.7. The van der Waals surface area contributed by atoms with Crippen LogP contribution in [0.4, 0.5) is 0 Å². The second kappa shape index (κ2) is 22.6. The molecule has 0 radical (unpaired) electrons. The molecule has 3 heterocycles. The molecule has 2 aromatic rings. The fourth-order valence-electron chi connectivity index (χ4n) is 9.11. The summed E-state index contributed by atoms with van der Waals surface area (Å²) in [5.74, 6) is -5.24. The van der Waals surface area contributed by atoms with Crippen molar-refractivity contribution in [1.82, 2.24) is 30.9 Å². The average molecular weight is 996 g/mol. The molecule has 0 aromatic heterocycles. The number of carboxylic acids is 1. The number of ether oxygens (including phenoxy) is 2. The number of sulfonamides is 1. The number of rotatable bonds is 19. The lowest BCUT2D eigenvalue weighted by molar-refractivity contribution is -0.156. The Morgan fingerprint density at radius 1 is 0.943 bits per heavy atom. The number of aliphatic imine (C=N–C) groups is 1. The highest BCUT2D eigenvalue weighted by Gasteiger charge is 2.47. The van der Waals surface area contributed by atoms with Crippen LogP contribution in [0.1, 0.15) is 114 Å². The lowest BCUT2D eigenvalue weighted by Crippen LogP contribution is -2.62. The maximum Gasteiger partial charge on any atom is 0.322 e. The maximum absolute atomic E-state index is 14.2. The van der Waals surface area contributed by atoms with Gasteiger partial charge >= 0.3 is 11.9 Å². The SMILES string of the molecule is Cc1c(C)c(S(=O)(=O)NC(N)=NCCC[C@H](NC(=O)[C@@H]2CC[C@H]3CC[C@H](NC(=O)[C@H](Cc4ccccc4)NC(=O)[C@@H](N)CC(=O)OC(C)(C)C)C(=O)N32)C(=O)NCC(=O)O)c(C)c2c1OC(C)(C)CC2. The first kappa shape index (κ1) is 54.6. The average Bonchev–Trinajstić information content (AvgIpc) is 3.71. The number of hydrogen-bond donors (Lipinski definition) is 8. The number of carbonyl (C=O) groups is 7. The zero-order valence-corrected chi connectivity index (χ0v) is 42.0. The van der Waals surface area contributed by atoms with Crippen molar-refractivity contribution in [2.24, 2.45) is 16.5 Å². The summed E-state index contributed by atoms with van der Waals surface area (Å²) in [5, 5.41) is 19.6. The van der Waals surface area contributed by atoms with E-state index in [0.29, 0.717) is 53.7 Å². The zero-order chi connectivity index (χ0) is 51.9. The van der Waals surface area contributed by atoms with Gasteiger partial charge in [0.25, 0.3) is 10.0 Å². The van der Waals surface area contributed by atoms with Crippen LogP contribution in [0.3, 0.4) is 0 Å². The summed E-state index contributed by atoms with van der Waals surface area (Å²) in [5.41, 5.74) is 14.2. The van der Waals surface area contributed by atoms with Crippen LogP contribution in [-0.2, 0) is 61.2 Å². The van der Waals surface area contributed by atoms with E-state index >= 15 is 0 Å². The molecular formula is C48H69N9O12S. The summed E-state index contributed by atoms with van der Waals surface area (Å²) in [4.78, 5) is 98.0. The van der Waals surface area contributed by atoms with E-state index in [4.69, 9.17) is 20.9 Å². The third-order valence-electron chi connectivity index (χ3n) is 12.7. The third-order valence-corrected chi connectivity index (χ3v) is 14.3. The van der Waals surface area contributed by atoms with Gasteiger partial charge in [-0.05, 0) is 135 Å². The number of fused-ring (bicyclic) bond motifs is 2. The minimum absolute atomic E-state index is 0.0258. The third kappa shape index (κ3) is 14.2. The molecule has 0 aliphatic carbocycles. The molecule has 2 saturated heterocycles. The molecular weight excluding hydrogens is 927 g/mol. The molecule has 0 saturated carbocycles. The first-order valence-electron chi connectivity index (χ1n) is 23.6. The van der Waals surface area contributed by atoms with Crippen LogP contribution in [0.5, 0.6) is 5.75 Å². The molecule has 2 fully saturated rings. The highest BCUT2D eigenvalue weighted by atomic mass is 32.2. The summed E-state index contributed by atoms with van der Waals surface area (Å²) < 4.78 is 41.3. The van der Waals surface area contributed by atoms with Gasteiger partial charge in [0.2, 0.25) is 35.5 Å². The van der Waals surface area contributed by atoms with Crippen LogP contribution in [0.25, 0.3) is 0 Å². The summed E-state index contributed by atoms with van der Waals surface area (Å²) in [7, 11) is -4.20. The number of nitrogens with zero attached hydrogens (tertiary/aromatic N) is 2. The Bertz CT molecular complexity index is 2470. The van der Waals surface area contributed by atoms with Crippen LogP contribution >= 0.6 is 0 Å². The lowest BCUT2D eigenvalue weighted by Gasteiger charge is -2.38. The van der Waals surface area contributed by atoms with Crippen molar-refractivity contribution < 1.29 is 56.6 Å². The predicted molar refractivity (Wildman–Crippen MR) is 258 cm³/mol. The summed E-state index contributed by atoms with van der Waals surface area (Å²) in [6, 6.07) is 2.53. The quantitative estimate of drug-likeness (QED) is 0.0425. The van der Waals surface area contributed by atoms with E-state index in [-0.39, 0.29) is 49.6 Å². The number of nitrogens with two attached hydrogens (primary N) is 2. The first-order valence-corrected chi connectivity index (χ1v) is 25.0. The zero-order valence-electron chi connectivity index (χ0n) is 41.2. The maximum atomic E-state index is 14.2. The van der Waals surface area contributed by atoms with E-state index in [1.165, 1.54) is 4.90 Å². The van der Waals surface area contributed by atoms with Crippen molar-refractivity contribution in [2.75, 3.05) is 13.1 Å². The molecule has 384 valence electrons. The van der Waals surface area contributed by atoms with Crippen molar-refractivity contribution >= 4 is 57.5 Å². The second-order valence-corrected chi connectivity index (χ2v) is 21.5. The molecule has 0 unspecified atom stereocenters. The molecule has 5 amide bonds. The molecule has 22 heteroatoms. The van der Waals surface area contributed by atoms with Gasteiger partial charge in [-0.15, -0.1) is 0 Å². The smallest absolute Gasteiger partial charge is 0.322 e. The minimum Gasteiger partial charge on any atom is -0.487 e. The monoisotopic (exact) mass is 995 g/mol. The van der Waals surface area contributed by atoms with Gasteiger partial charge < -0.3 is 52.2 Å². The van der Waals surface area contributed by atoms with Crippen molar-refractivity contribution in [3.05, 3.63) is 58.1 Å². The van der Waals surface area contributed by atoms with Crippen LogP contribution in [0, 0.1) is 20.8 Å². The van der Waals surface area contributed by atoms with Gasteiger partial charge in [0.15, 0.2) is 0 Å². The number of esters is 1. The number of aliphatic carboxylic acids is 1. The number of carboxylic acid groups (broad SMARTS) is 1. The van der Waals surface area contributed by atoms with Crippen LogP contribution < -0.4 is 42.2 Å². The molecule has 21 nitrogen and oxygen atoms in total. The molecule has 2 aromatic carbocycles. The van der Waals surface area contributed by atoms with Gasteiger partial charge in [-0.1, -0.05) is 30.3 Å². The molecule has 3 aliphatic rings. The Labute approximate surface area is 409 Å². The fourth-order valence-corrected chi connectivity index (χ4v) is 10.6. The number of nitrogens with one attached hydrogen (secondary N) is 5. The second-order valence-electron chi connectivity index (χ2n) is 19.8. The van der Waals surface area contributed by atoms with Gasteiger partial charge in [-0.2, -0.15) is 0 Å². The Morgan fingerprint density at radius 2 is 1.61 bits per heavy atom. The Balaban J connectivity index is 1.24. The van der Waals surface area contributed by atoms with Crippen molar-refractivity contribution in [3.63, 3.8) is 0 Å². The fraction of sp³-hybridized carbons (Fsp3) is 0.583. The van der Waals surface area contributed by atoms with E-state index in [2.05, 4.69) is 31.0 Å². The molecule has 5 rings (SSSR count). The highest BCUT2D eigenvalue weighted by Crippen LogP contribution is 2.42. The van der Waals surface area contributed by atoms with Gasteiger partial charge in [0.05, 0.1) is 17.4 Å². The standard InChI is InChI=1S/C48H69N9O12S/c1-26-27(2)40(28(3)31-20-21-48(7,8)69-39(26)31)70(66,67)56-46(50)51-22-12-15-33(42(62)52-25-37(58)59)53-44(64)36-19-17-30-16-18-34(45(65)57(30)36)54-43(63)35(23-29-13-10-9-11-14-29)55-41(61)32(49)24-38(60)68-47(4,5)6/h9-11,13-14,30,32-36H,12,15-25,49H2,1-8H3,(H,52,62)(H,53,64)(H,54,63)(H,55,61)(H,58,59)(H3,50,51,56)/t30-,32+,33+,34+,35+,36+/m1/s1. The number of amides is 5. The van der Waals surface area contributed by atoms with Gasteiger partial charge in [0, 0.05) is 19.0 Å². The van der Waals surface area contributed by atoms with E-state index in [0.717, 1.165) is 5.56 Å². The van der Waals surface area contributed by atoms with Gasteiger partial charge in [0.1, 0.15) is 47.7 Å². The van der Waals surface area contributed by atoms with Gasteiger partial charge in [-0.25, -0.2) is 13.1 Å². The Hall–Kier alpha value is -6.29. The molecule has 70 heavy (non-hydrogen) atoms. The van der Waals surface area contributed by atoms with Crippen molar-refractivity contribution in [2.45, 2.75) is 172 Å². The van der Waals surface area contributed by atoms with Crippen molar-refractivity contribution in [1.29, 1.82) is 0 Å². The molecule has 0 spiro atoms. The number of hydrogen-bond acceptors (Lipinski definition) is 13. The predicted octanol–water partition coefficient (Wildman–Crippen LogP) is 1.20. The minimum atomic E-state index is -4.20. The van der Waals surface area contributed by atoms with Crippen LogP contribution in [0.2, 0.25) is 0 Å². The van der Waals surface area contributed by atoms with Crippen LogP contribution in [0.15, 0.2) is 40.2 Å². The Morgan fingerprint density at radius 3 is 2.27 bits per heavy atom. The van der Waals surface area contributed by atoms with E-state index < -0.39 is 112 Å². The van der Waals surface area contributed by atoms with E-state index in [9.17, 15) is 47.1 Å². The summed E-state index contributed by atoms with van der Waals surface area (Å²) >= 11 is 0. The lowest BCUT2D eigenvalue weighted by atomic mass is 9.88. The number of piperidine rings is 1. The molecule has 0 bridgehead atoms. The van der Waals surface area contributed by atoms with Crippen molar-refractivity contribution in [3.8, 4) is 5.75 Å². The topological polar surface area (TPSA) is 320 Å². The number of guanidine groups is 1. The largest absolute Gasteiger partial charge is 0.487 e. The summed E-state index contributed by atoms with van der Waals surface area (Å²) in [6.45, 7) is 13.4. The normalized spacial score (nSPS) is 20.1. The van der Waals surface area contributed by atoms with E-state index in [1.54, 1.807) is 65.0 Å². The molecule has 10 N–H and O–H groups in total. The van der Waals surface area contributed by atoms with Crippen LogP contribution in [-0.4, -0.2) is 126 Å². The molecule has 6 atom stereocenters. The van der Waals surface area contributed by atoms with E-state index in [1.807, 2.05) is 20.8 Å². The number of carbonyl (C=O) groups excluding carboxylic acids is 6. The highest BCUT2D eigenvalue weighted by molar-refractivity contribution is 7.90. The molecule has 3 aliphatic heterocycles. The summed E-state index contributed by atoms with van der Waals surface area (Å²) in [6.07, 6.45) is 2.30. The van der Waals surface area contributed by atoms with Gasteiger partial charge in [-0.3, -0.25) is 38.6 Å². The number of benzene rings is 2.